The smallest absolute Gasteiger partial charge is 0.147 e. The second kappa shape index (κ2) is 6.03. The Hall–Kier alpha value is -1.60. The van der Waals surface area contributed by atoms with Crippen LogP contribution in [0.2, 0.25) is 0 Å². The molecule has 1 aliphatic rings. The third-order valence-electron chi connectivity index (χ3n) is 3.83. The summed E-state index contributed by atoms with van der Waals surface area (Å²) >= 11 is 0. The molecule has 19 heavy (non-hydrogen) atoms. The molecule has 0 atom stereocenters. The van der Waals surface area contributed by atoms with E-state index in [1.807, 2.05) is 13.1 Å². The molecule has 102 valence electrons. The molecule has 1 aromatic carbocycles. The van der Waals surface area contributed by atoms with Crippen molar-refractivity contribution in [1.29, 1.82) is 5.26 Å². The van der Waals surface area contributed by atoms with E-state index < -0.39 is 5.82 Å². The van der Waals surface area contributed by atoms with Crippen LogP contribution in [0.15, 0.2) is 12.1 Å². The lowest BCUT2D eigenvalue weighted by atomic mass is 9.93. The molecule has 0 aliphatic heterocycles. The van der Waals surface area contributed by atoms with Crippen LogP contribution < -0.4 is 10.1 Å². The van der Waals surface area contributed by atoms with E-state index in [1.54, 1.807) is 13.0 Å². The highest BCUT2D eigenvalue weighted by molar-refractivity contribution is 5.43. The van der Waals surface area contributed by atoms with E-state index >= 15 is 0 Å². The van der Waals surface area contributed by atoms with Crippen molar-refractivity contribution in [2.24, 2.45) is 0 Å². The summed E-state index contributed by atoms with van der Waals surface area (Å²) < 4.78 is 19.7. The van der Waals surface area contributed by atoms with Crippen molar-refractivity contribution in [3.8, 4) is 11.8 Å². The third-order valence-corrected chi connectivity index (χ3v) is 3.83. The van der Waals surface area contributed by atoms with Gasteiger partial charge in [0, 0.05) is 11.6 Å². The zero-order chi connectivity index (χ0) is 13.8. The van der Waals surface area contributed by atoms with Crippen LogP contribution >= 0.6 is 0 Å². The topological polar surface area (TPSA) is 45.0 Å². The molecule has 0 aromatic heterocycles. The lowest BCUT2D eigenvalue weighted by Crippen LogP contribution is -2.34. The van der Waals surface area contributed by atoms with Gasteiger partial charge in [-0.25, -0.2) is 4.39 Å². The number of halogens is 1. The molecule has 0 radical (unpaired) electrons. The second-order valence-electron chi connectivity index (χ2n) is 5.04. The van der Waals surface area contributed by atoms with Crippen LogP contribution in [-0.2, 0) is 0 Å². The minimum absolute atomic E-state index is 0.0729. The van der Waals surface area contributed by atoms with Crippen LogP contribution in [0.3, 0.4) is 0 Å². The molecule has 0 spiro atoms. The minimum atomic E-state index is -0.469. The summed E-state index contributed by atoms with van der Waals surface area (Å²) in [6, 6.07) is 5.59. The number of hydrogen-bond acceptors (Lipinski definition) is 3. The summed E-state index contributed by atoms with van der Waals surface area (Å²) in [6.07, 6.45) is 4.27. The number of nitrogens with zero attached hydrogens (tertiary/aromatic N) is 1. The first kappa shape index (κ1) is 13.8. The zero-order valence-electron chi connectivity index (χ0n) is 11.4. The maximum atomic E-state index is 13.8. The first-order valence-electron chi connectivity index (χ1n) is 6.68. The van der Waals surface area contributed by atoms with Crippen molar-refractivity contribution in [1.82, 2.24) is 5.32 Å². The van der Waals surface area contributed by atoms with Crippen LogP contribution in [-0.4, -0.2) is 19.2 Å². The van der Waals surface area contributed by atoms with Gasteiger partial charge in [0.25, 0.3) is 0 Å². The Labute approximate surface area is 113 Å². The maximum absolute atomic E-state index is 13.8. The quantitative estimate of drug-likeness (QED) is 0.911. The zero-order valence-corrected chi connectivity index (χ0v) is 11.4. The normalized spacial score (nSPS) is 22.8. The first-order chi connectivity index (χ1) is 9.15. The van der Waals surface area contributed by atoms with E-state index in [1.165, 1.54) is 6.07 Å². The summed E-state index contributed by atoms with van der Waals surface area (Å²) in [5, 5.41) is 12.0. The van der Waals surface area contributed by atoms with E-state index in [9.17, 15) is 4.39 Å². The van der Waals surface area contributed by atoms with Gasteiger partial charge in [-0.15, -0.1) is 0 Å². The van der Waals surface area contributed by atoms with Crippen molar-refractivity contribution in [2.45, 2.75) is 44.8 Å². The summed E-state index contributed by atoms with van der Waals surface area (Å²) in [5.74, 6) is 0.0910. The van der Waals surface area contributed by atoms with Crippen molar-refractivity contribution >= 4 is 0 Å². The van der Waals surface area contributed by atoms with Gasteiger partial charge in [-0.2, -0.15) is 5.26 Å². The first-order valence-corrected chi connectivity index (χ1v) is 6.68. The van der Waals surface area contributed by atoms with Crippen LogP contribution in [0.1, 0.15) is 36.8 Å². The fourth-order valence-electron chi connectivity index (χ4n) is 2.53. The molecule has 0 heterocycles. The fourth-order valence-corrected chi connectivity index (χ4v) is 2.53. The van der Waals surface area contributed by atoms with Gasteiger partial charge < -0.3 is 10.1 Å². The minimum Gasteiger partial charge on any atom is -0.490 e. The number of hydrogen-bond donors (Lipinski definition) is 1. The monoisotopic (exact) mass is 262 g/mol. The predicted molar refractivity (Wildman–Crippen MR) is 71.6 cm³/mol. The van der Waals surface area contributed by atoms with E-state index in [4.69, 9.17) is 10.00 Å². The van der Waals surface area contributed by atoms with Crippen molar-refractivity contribution in [3.05, 3.63) is 29.1 Å². The molecule has 3 nitrogen and oxygen atoms in total. The summed E-state index contributed by atoms with van der Waals surface area (Å²) in [6.45, 7) is 1.66. The highest BCUT2D eigenvalue weighted by Crippen LogP contribution is 2.28. The predicted octanol–water partition coefficient (Wildman–Crippen LogP) is 2.92. The average Bonchev–Trinajstić information content (AvgIpc) is 2.45. The molecule has 1 N–H and O–H groups in total. The SMILES string of the molecule is CNC1CCC(Oc2ccc(C#N)c(F)c2C)CC1. The number of nitrogens with one attached hydrogen (secondary N) is 1. The Morgan fingerprint density at radius 2 is 2.00 bits per heavy atom. The van der Waals surface area contributed by atoms with Gasteiger partial charge in [-0.1, -0.05) is 0 Å². The van der Waals surface area contributed by atoms with Gasteiger partial charge in [0.15, 0.2) is 0 Å². The van der Waals surface area contributed by atoms with E-state index in [2.05, 4.69) is 5.32 Å². The molecule has 1 aromatic rings. The van der Waals surface area contributed by atoms with Gasteiger partial charge in [-0.05, 0) is 51.8 Å². The number of ether oxygens (including phenoxy) is 1. The standard InChI is InChI=1S/C15H19FN2O/c1-10-14(8-3-11(9-17)15(10)16)19-13-6-4-12(18-2)5-7-13/h3,8,12-13,18H,4-7H2,1-2H3. The van der Waals surface area contributed by atoms with Gasteiger partial charge in [0.1, 0.15) is 17.6 Å². The van der Waals surface area contributed by atoms with Crippen molar-refractivity contribution in [3.63, 3.8) is 0 Å². The van der Waals surface area contributed by atoms with Gasteiger partial charge in [-0.3, -0.25) is 0 Å². The van der Waals surface area contributed by atoms with Gasteiger partial charge in [0.2, 0.25) is 0 Å². The van der Waals surface area contributed by atoms with Crippen molar-refractivity contribution in [2.75, 3.05) is 7.05 Å². The van der Waals surface area contributed by atoms with Crippen LogP contribution in [0, 0.1) is 24.1 Å². The number of rotatable bonds is 3. The molecular formula is C15H19FN2O. The lowest BCUT2D eigenvalue weighted by molar-refractivity contribution is 0.140. The van der Waals surface area contributed by atoms with Crippen LogP contribution in [0.25, 0.3) is 0 Å². The molecule has 1 fully saturated rings. The Balaban J connectivity index is 2.05. The molecule has 1 saturated carbocycles. The Bertz CT molecular complexity index is 488. The average molecular weight is 262 g/mol. The third kappa shape index (κ3) is 3.05. The van der Waals surface area contributed by atoms with Crippen LogP contribution in [0.4, 0.5) is 4.39 Å². The molecule has 1 aliphatic carbocycles. The molecule has 0 unspecified atom stereocenters. The van der Waals surface area contributed by atoms with E-state index in [-0.39, 0.29) is 11.7 Å². The van der Waals surface area contributed by atoms with E-state index in [0.717, 1.165) is 25.7 Å². The Morgan fingerprint density at radius 1 is 1.32 bits per heavy atom. The summed E-state index contributed by atoms with van der Waals surface area (Å²) in [5.41, 5.74) is 0.499. The maximum Gasteiger partial charge on any atom is 0.147 e. The van der Waals surface area contributed by atoms with Gasteiger partial charge in [0.05, 0.1) is 11.7 Å². The highest BCUT2D eigenvalue weighted by Gasteiger charge is 2.22. The van der Waals surface area contributed by atoms with E-state index in [0.29, 0.717) is 17.4 Å². The lowest BCUT2D eigenvalue weighted by Gasteiger charge is -2.29. The highest BCUT2D eigenvalue weighted by atomic mass is 19.1. The Kier molecular flexibility index (Phi) is 4.39. The van der Waals surface area contributed by atoms with Gasteiger partial charge >= 0.3 is 0 Å². The molecular weight excluding hydrogens is 243 g/mol. The summed E-state index contributed by atoms with van der Waals surface area (Å²) in [4.78, 5) is 0. The fraction of sp³-hybridized carbons (Fsp3) is 0.533. The van der Waals surface area contributed by atoms with Crippen molar-refractivity contribution < 1.29 is 9.13 Å². The molecule has 4 heteroatoms. The second-order valence-corrected chi connectivity index (χ2v) is 5.04. The molecule has 2 rings (SSSR count). The van der Waals surface area contributed by atoms with Crippen LogP contribution in [0.5, 0.6) is 5.75 Å². The number of benzene rings is 1. The molecule has 0 saturated heterocycles. The summed E-state index contributed by atoms with van der Waals surface area (Å²) in [7, 11) is 1.98. The Morgan fingerprint density at radius 3 is 2.58 bits per heavy atom. The largest absolute Gasteiger partial charge is 0.490 e. The number of nitriles is 1. The molecule has 0 amide bonds. The molecule has 0 bridgehead atoms.